The summed E-state index contributed by atoms with van der Waals surface area (Å²) in [4.78, 5) is 22.6. The van der Waals surface area contributed by atoms with E-state index in [-0.39, 0.29) is 17.6 Å². The van der Waals surface area contributed by atoms with Crippen LogP contribution in [0.25, 0.3) is 0 Å². The molecular formula is C12H15BrN2O3S. The molecule has 0 bridgehead atoms. The summed E-state index contributed by atoms with van der Waals surface area (Å²) in [6.45, 7) is 1.90. The molecule has 1 aromatic rings. The average Bonchev–Trinajstić information content (AvgIpc) is 2.31. The van der Waals surface area contributed by atoms with E-state index in [2.05, 4.69) is 26.6 Å². The van der Waals surface area contributed by atoms with Crippen LogP contribution in [-0.4, -0.2) is 35.2 Å². The van der Waals surface area contributed by atoms with Gasteiger partial charge in [-0.25, -0.2) is 9.59 Å². The number of urea groups is 1. The van der Waals surface area contributed by atoms with E-state index in [1.54, 1.807) is 17.8 Å². The number of carbonyl (C=O) groups excluding carboxylic acids is 1. The van der Waals surface area contributed by atoms with Crippen LogP contribution < -0.4 is 10.6 Å². The summed E-state index contributed by atoms with van der Waals surface area (Å²) in [6, 6.07) is 4.14. The van der Waals surface area contributed by atoms with Crippen LogP contribution in [0.3, 0.4) is 0 Å². The number of benzene rings is 1. The largest absolute Gasteiger partial charge is 0.478 e. The fourth-order valence-electron chi connectivity index (χ4n) is 1.43. The summed E-state index contributed by atoms with van der Waals surface area (Å²) < 4.78 is 0.630. The van der Waals surface area contributed by atoms with Crippen LogP contribution in [0.4, 0.5) is 10.5 Å². The van der Waals surface area contributed by atoms with Gasteiger partial charge in [0.25, 0.3) is 0 Å². The predicted octanol–water partition coefficient (Wildman–Crippen LogP) is 3.02. The van der Waals surface area contributed by atoms with Gasteiger partial charge in [0.15, 0.2) is 0 Å². The summed E-state index contributed by atoms with van der Waals surface area (Å²) in [6.07, 6.45) is 1.96. The SMILES string of the molecule is CSCC(C)NC(=O)Nc1cc(C(=O)O)ccc1Br. The number of carboxylic acid groups (broad SMARTS) is 1. The molecule has 0 aliphatic heterocycles. The number of thioether (sulfide) groups is 1. The minimum Gasteiger partial charge on any atom is -0.478 e. The second kappa shape index (κ2) is 7.40. The topological polar surface area (TPSA) is 78.4 Å². The van der Waals surface area contributed by atoms with Crippen molar-refractivity contribution < 1.29 is 14.7 Å². The molecule has 0 aliphatic rings. The predicted molar refractivity (Wildman–Crippen MR) is 81.1 cm³/mol. The molecule has 1 aromatic carbocycles. The minimum absolute atomic E-state index is 0.0384. The first-order valence-electron chi connectivity index (χ1n) is 5.53. The van der Waals surface area contributed by atoms with Crippen LogP contribution in [0, 0.1) is 0 Å². The van der Waals surface area contributed by atoms with Gasteiger partial charge >= 0.3 is 12.0 Å². The van der Waals surface area contributed by atoms with Crippen molar-refractivity contribution in [3.8, 4) is 0 Å². The Morgan fingerprint density at radius 3 is 2.74 bits per heavy atom. The maximum Gasteiger partial charge on any atom is 0.335 e. The van der Waals surface area contributed by atoms with Gasteiger partial charge in [0.05, 0.1) is 11.3 Å². The summed E-state index contributed by atoms with van der Waals surface area (Å²) in [7, 11) is 0. The maximum absolute atomic E-state index is 11.7. The highest BCUT2D eigenvalue weighted by molar-refractivity contribution is 9.10. The number of hydrogen-bond acceptors (Lipinski definition) is 3. The van der Waals surface area contributed by atoms with Crippen molar-refractivity contribution in [2.75, 3.05) is 17.3 Å². The van der Waals surface area contributed by atoms with Crippen molar-refractivity contribution in [2.24, 2.45) is 0 Å². The lowest BCUT2D eigenvalue weighted by atomic mass is 10.2. The monoisotopic (exact) mass is 346 g/mol. The van der Waals surface area contributed by atoms with Gasteiger partial charge in [-0.2, -0.15) is 11.8 Å². The second-order valence-corrected chi connectivity index (χ2v) is 5.72. The Morgan fingerprint density at radius 1 is 1.47 bits per heavy atom. The van der Waals surface area contributed by atoms with Gasteiger partial charge in [0.2, 0.25) is 0 Å². The van der Waals surface area contributed by atoms with Gasteiger partial charge in [-0.05, 0) is 47.3 Å². The summed E-state index contributed by atoms with van der Waals surface area (Å²) in [5.74, 6) is -0.226. The van der Waals surface area contributed by atoms with Crippen LogP contribution >= 0.6 is 27.7 Å². The quantitative estimate of drug-likeness (QED) is 0.765. The van der Waals surface area contributed by atoms with Crippen molar-refractivity contribution in [2.45, 2.75) is 13.0 Å². The average molecular weight is 347 g/mol. The molecule has 0 fully saturated rings. The van der Waals surface area contributed by atoms with Crippen molar-refractivity contribution in [1.82, 2.24) is 5.32 Å². The molecule has 7 heteroatoms. The molecule has 0 saturated heterocycles. The van der Waals surface area contributed by atoms with Crippen molar-refractivity contribution >= 4 is 45.4 Å². The molecule has 0 saturated carbocycles. The summed E-state index contributed by atoms with van der Waals surface area (Å²) in [5.41, 5.74) is 0.546. The Kier molecular flexibility index (Phi) is 6.17. The van der Waals surface area contributed by atoms with E-state index in [0.717, 1.165) is 5.75 Å². The molecule has 3 N–H and O–H groups in total. The number of carboxylic acids is 1. The van der Waals surface area contributed by atoms with E-state index < -0.39 is 5.97 Å². The molecule has 19 heavy (non-hydrogen) atoms. The molecule has 0 heterocycles. The summed E-state index contributed by atoms with van der Waals surface area (Å²) in [5, 5.41) is 14.3. The van der Waals surface area contributed by atoms with Crippen molar-refractivity contribution in [1.29, 1.82) is 0 Å². The molecule has 0 aliphatic carbocycles. The number of anilines is 1. The number of amides is 2. The van der Waals surface area contributed by atoms with E-state index >= 15 is 0 Å². The maximum atomic E-state index is 11.7. The fourth-order valence-corrected chi connectivity index (χ4v) is 2.36. The zero-order valence-corrected chi connectivity index (χ0v) is 13.0. The van der Waals surface area contributed by atoms with E-state index in [9.17, 15) is 9.59 Å². The van der Waals surface area contributed by atoms with Crippen molar-refractivity contribution in [3.63, 3.8) is 0 Å². The molecule has 0 aromatic heterocycles. The summed E-state index contributed by atoms with van der Waals surface area (Å²) >= 11 is 4.90. The molecule has 1 rings (SSSR count). The lowest BCUT2D eigenvalue weighted by Gasteiger charge is -2.14. The lowest BCUT2D eigenvalue weighted by Crippen LogP contribution is -2.37. The van der Waals surface area contributed by atoms with Gasteiger partial charge < -0.3 is 15.7 Å². The van der Waals surface area contributed by atoms with Crippen LogP contribution in [0.15, 0.2) is 22.7 Å². The molecule has 1 unspecified atom stereocenters. The van der Waals surface area contributed by atoms with E-state index in [4.69, 9.17) is 5.11 Å². The van der Waals surface area contributed by atoms with E-state index in [1.165, 1.54) is 12.1 Å². The normalized spacial score (nSPS) is 11.7. The Labute approximate surface area is 124 Å². The van der Waals surface area contributed by atoms with Gasteiger partial charge in [0, 0.05) is 16.3 Å². The zero-order chi connectivity index (χ0) is 14.4. The Balaban J connectivity index is 2.73. The van der Waals surface area contributed by atoms with Crippen LogP contribution in [0.2, 0.25) is 0 Å². The second-order valence-electron chi connectivity index (χ2n) is 3.95. The highest BCUT2D eigenvalue weighted by Gasteiger charge is 2.11. The van der Waals surface area contributed by atoms with Crippen LogP contribution in [-0.2, 0) is 0 Å². The number of rotatable bonds is 5. The number of halogens is 1. The lowest BCUT2D eigenvalue weighted by molar-refractivity contribution is 0.0697. The van der Waals surface area contributed by atoms with Gasteiger partial charge in [-0.15, -0.1) is 0 Å². The number of carbonyl (C=O) groups is 2. The number of aromatic carboxylic acids is 1. The Morgan fingerprint density at radius 2 is 2.16 bits per heavy atom. The molecule has 0 radical (unpaired) electrons. The highest BCUT2D eigenvalue weighted by atomic mass is 79.9. The third-order valence-electron chi connectivity index (χ3n) is 2.26. The smallest absolute Gasteiger partial charge is 0.335 e. The van der Waals surface area contributed by atoms with Gasteiger partial charge in [-0.3, -0.25) is 0 Å². The fraction of sp³-hybridized carbons (Fsp3) is 0.333. The first-order chi connectivity index (χ1) is 8.93. The van der Waals surface area contributed by atoms with E-state index in [0.29, 0.717) is 10.2 Å². The molecule has 5 nitrogen and oxygen atoms in total. The number of hydrogen-bond donors (Lipinski definition) is 3. The third kappa shape index (κ3) is 5.12. The molecular weight excluding hydrogens is 332 g/mol. The first kappa shape index (κ1) is 15.8. The Bertz CT molecular complexity index is 482. The van der Waals surface area contributed by atoms with Crippen LogP contribution in [0.5, 0.6) is 0 Å². The Hall–Kier alpha value is -1.21. The first-order valence-corrected chi connectivity index (χ1v) is 7.72. The third-order valence-corrected chi connectivity index (χ3v) is 3.78. The molecule has 104 valence electrons. The van der Waals surface area contributed by atoms with E-state index in [1.807, 2.05) is 13.2 Å². The minimum atomic E-state index is -1.04. The highest BCUT2D eigenvalue weighted by Crippen LogP contribution is 2.23. The van der Waals surface area contributed by atoms with Crippen molar-refractivity contribution in [3.05, 3.63) is 28.2 Å². The number of nitrogens with one attached hydrogen (secondary N) is 2. The zero-order valence-electron chi connectivity index (χ0n) is 10.6. The molecule has 2 amide bonds. The standard InChI is InChI=1S/C12H15BrN2O3S/c1-7(6-19-2)14-12(18)15-10-5-8(11(16)17)3-4-9(10)13/h3-5,7H,6H2,1-2H3,(H,16,17)(H2,14,15,18). The molecule has 1 atom stereocenters. The molecule has 0 spiro atoms. The van der Waals surface area contributed by atoms with Crippen LogP contribution in [0.1, 0.15) is 17.3 Å². The van der Waals surface area contributed by atoms with Gasteiger partial charge in [-0.1, -0.05) is 0 Å². The van der Waals surface area contributed by atoms with Gasteiger partial charge in [0.1, 0.15) is 0 Å².